The summed E-state index contributed by atoms with van der Waals surface area (Å²) in [5.41, 5.74) is 0.928. The first-order valence-corrected chi connectivity index (χ1v) is 8.31. The standard InChI is InChI=1S/C18H25N3O4/c1-18(2,3)19-15(22)12-20(4)16(23)10-7-11-21-13-8-5-6-9-14(13)25-17(21)24/h5-6,8-9H,7,10-12H2,1-4H3,(H,19,22). The van der Waals surface area contributed by atoms with Crippen LogP contribution in [-0.4, -0.2) is 40.4 Å². The van der Waals surface area contributed by atoms with Gasteiger partial charge in [0, 0.05) is 25.6 Å². The van der Waals surface area contributed by atoms with E-state index in [1.807, 2.05) is 32.9 Å². The molecule has 1 aromatic heterocycles. The number of nitrogens with one attached hydrogen (secondary N) is 1. The van der Waals surface area contributed by atoms with Gasteiger partial charge in [-0.3, -0.25) is 14.2 Å². The van der Waals surface area contributed by atoms with Crippen molar-refractivity contribution in [2.24, 2.45) is 0 Å². The Kier molecular flexibility index (Phi) is 5.66. The Hall–Kier alpha value is -2.57. The second-order valence-electron chi connectivity index (χ2n) is 7.14. The van der Waals surface area contributed by atoms with Gasteiger partial charge in [0.1, 0.15) is 0 Å². The van der Waals surface area contributed by atoms with Gasteiger partial charge in [-0.15, -0.1) is 0 Å². The molecule has 2 rings (SSSR count). The van der Waals surface area contributed by atoms with E-state index in [2.05, 4.69) is 5.32 Å². The molecule has 2 aromatic rings. The van der Waals surface area contributed by atoms with Gasteiger partial charge in [0.15, 0.2) is 5.58 Å². The van der Waals surface area contributed by atoms with Gasteiger partial charge in [0.2, 0.25) is 11.8 Å². The van der Waals surface area contributed by atoms with Gasteiger partial charge in [-0.2, -0.15) is 0 Å². The predicted molar refractivity (Wildman–Crippen MR) is 95.2 cm³/mol. The van der Waals surface area contributed by atoms with E-state index in [4.69, 9.17) is 4.42 Å². The Morgan fingerprint density at radius 1 is 1.24 bits per heavy atom. The van der Waals surface area contributed by atoms with E-state index in [1.54, 1.807) is 19.2 Å². The summed E-state index contributed by atoms with van der Waals surface area (Å²) < 4.78 is 6.68. The minimum absolute atomic E-state index is 0.0185. The number of oxazole rings is 1. The zero-order chi connectivity index (χ0) is 18.6. The van der Waals surface area contributed by atoms with Crippen molar-refractivity contribution in [3.8, 4) is 0 Å². The van der Waals surface area contributed by atoms with E-state index in [0.29, 0.717) is 18.5 Å². The van der Waals surface area contributed by atoms with E-state index < -0.39 is 5.76 Å². The Morgan fingerprint density at radius 2 is 1.92 bits per heavy atom. The van der Waals surface area contributed by atoms with Crippen LogP contribution in [0.3, 0.4) is 0 Å². The first-order chi connectivity index (χ1) is 11.7. The largest absolute Gasteiger partial charge is 0.419 e. The molecule has 136 valence electrons. The van der Waals surface area contributed by atoms with Crippen LogP contribution in [-0.2, 0) is 16.1 Å². The Morgan fingerprint density at radius 3 is 2.60 bits per heavy atom. The molecule has 25 heavy (non-hydrogen) atoms. The van der Waals surface area contributed by atoms with Crippen molar-refractivity contribution < 1.29 is 14.0 Å². The molecule has 1 N–H and O–H groups in total. The van der Waals surface area contributed by atoms with Gasteiger partial charge in [-0.1, -0.05) is 12.1 Å². The van der Waals surface area contributed by atoms with E-state index in [-0.39, 0.29) is 30.3 Å². The van der Waals surface area contributed by atoms with Crippen LogP contribution in [0.25, 0.3) is 11.1 Å². The van der Waals surface area contributed by atoms with Crippen molar-refractivity contribution in [2.75, 3.05) is 13.6 Å². The van der Waals surface area contributed by atoms with Crippen LogP contribution in [0, 0.1) is 0 Å². The summed E-state index contributed by atoms with van der Waals surface area (Å²) in [5.74, 6) is -0.753. The van der Waals surface area contributed by atoms with E-state index in [9.17, 15) is 14.4 Å². The number of hydrogen-bond acceptors (Lipinski definition) is 4. The second-order valence-corrected chi connectivity index (χ2v) is 7.14. The molecule has 1 aromatic carbocycles. The average Bonchev–Trinajstić information content (AvgIpc) is 2.81. The maximum atomic E-state index is 12.2. The number of hydrogen-bond donors (Lipinski definition) is 1. The van der Waals surface area contributed by atoms with Crippen molar-refractivity contribution in [3.63, 3.8) is 0 Å². The van der Waals surface area contributed by atoms with Gasteiger partial charge in [-0.05, 0) is 39.3 Å². The summed E-state index contributed by atoms with van der Waals surface area (Å²) in [6, 6.07) is 7.18. The summed E-state index contributed by atoms with van der Waals surface area (Å²) in [6.07, 6.45) is 0.749. The van der Waals surface area contributed by atoms with Crippen molar-refractivity contribution in [2.45, 2.75) is 45.7 Å². The highest BCUT2D eigenvalue weighted by Crippen LogP contribution is 2.12. The number of aryl methyl sites for hydroxylation is 1. The molecule has 0 fully saturated rings. The van der Waals surface area contributed by atoms with Crippen LogP contribution >= 0.6 is 0 Å². The lowest BCUT2D eigenvalue weighted by Crippen LogP contribution is -2.46. The maximum absolute atomic E-state index is 12.2. The zero-order valence-corrected chi connectivity index (χ0v) is 15.2. The fraction of sp³-hybridized carbons (Fsp3) is 0.500. The topological polar surface area (TPSA) is 84.5 Å². The number of nitrogens with zero attached hydrogens (tertiary/aromatic N) is 2. The minimum Gasteiger partial charge on any atom is -0.408 e. The van der Waals surface area contributed by atoms with Crippen LogP contribution in [0.15, 0.2) is 33.5 Å². The van der Waals surface area contributed by atoms with Gasteiger partial charge >= 0.3 is 5.76 Å². The van der Waals surface area contributed by atoms with Crippen molar-refractivity contribution in [1.29, 1.82) is 0 Å². The van der Waals surface area contributed by atoms with Crippen LogP contribution < -0.4 is 11.1 Å². The predicted octanol–water partition coefficient (Wildman–Crippen LogP) is 1.75. The molecule has 0 saturated heterocycles. The Bertz CT molecular complexity index is 814. The molecule has 0 radical (unpaired) electrons. The molecule has 0 unspecified atom stereocenters. The third-order valence-corrected chi connectivity index (χ3v) is 3.67. The van der Waals surface area contributed by atoms with Gasteiger partial charge in [0.05, 0.1) is 12.1 Å². The normalized spacial score (nSPS) is 11.5. The molecule has 0 aliphatic carbocycles. The molecular weight excluding hydrogens is 322 g/mol. The molecule has 2 amide bonds. The lowest BCUT2D eigenvalue weighted by Gasteiger charge is -2.23. The molecule has 7 nitrogen and oxygen atoms in total. The summed E-state index contributed by atoms with van der Waals surface area (Å²) >= 11 is 0. The van der Waals surface area contributed by atoms with E-state index in [1.165, 1.54) is 9.47 Å². The molecule has 0 saturated carbocycles. The molecule has 0 atom stereocenters. The summed E-state index contributed by atoms with van der Waals surface area (Å²) in [5, 5.41) is 2.82. The number of rotatable bonds is 6. The smallest absolute Gasteiger partial charge is 0.408 e. The fourth-order valence-corrected chi connectivity index (χ4v) is 2.57. The molecule has 0 spiro atoms. The molecule has 0 bridgehead atoms. The highest BCUT2D eigenvalue weighted by molar-refractivity contribution is 5.84. The summed E-state index contributed by atoms with van der Waals surface area (Å²) in [4.78, 5) is 37.3. The van der Waals surface area contributed by atoms with Crippen LogP contribution in [0.1, 0.15) is 33.6 Å². The van der Waals surface area contributed by atoms with Gasteiger partial charge < -0.3 is 14.6 Å². The number of para-hydroxylation sites is 2. The van der Waals surface area contributed by atoms with E-state index in [0.717, 1.165) is 5.52 Å². The number of carbonyl (C=O) groups is 2. The first kappa shape index (κ1) is 18.8. The number of likely N-dealkylation sites (N-methyl/N-ethyl adjacent to an activating group) is 1. The molecule has 0 aliphatic rings. The second kappa shape index (κ2) is 7.55. The maximum Gasteiger partial charge on any atom is 0.419 e. The van der Waals surface area contributed by atoms with Crippen LogP contribution in [0.2, 0.25) is 0 Å². The number of benzene rings is 1. The van der Waals surface area contributed by atoms with Crippen LogP contribution in [0.5, 0.6) is 0 Å². The SMILES string of the molecule is CN(CC(=O)NC(C)(C)C)C(=O)CCCn1c(=O)oc2ccccc21. The van der Waals surface area contributed by atoms with Crippen molar-refractivity contribution >= 4 is 22.9 Å². The minimum atomic E-state index is -0.424. The van der Waals surface area contributed by atoms with Crippen molar-refractivity contribution in [1.82, 2.24) is 14.8 Å². The third-order valence-electron chi connectivity index (χ3n) is 3.67. The van der Waals surface area contributed by atoms with Crippen LogP contribution in [0.4, 0.5) is 0 Å². The highest BCUT2D eigenvalue weighted by Gasteiger charge is 2.18. The van der Waals surface area contributed by atoms with E-state index >= 15 is 0 Å². The Labute approximate surface area is 146 Å². The van der Waals surface area contributed by atoms with Gasteiger partial charge in [0.25, 0.3) is 0 Å². The number of fused-ring (bicyclic) bond motifs is 1. The lowest BCUT2D eigenvalue weighted by atomic mass is 10.1. The molecule has 1 heterocycles. The number of carbonyl (C=O) groups excluding carboxylic acids is 2. The molecule has 0 aliphatic heterocycles. The number of aromatic nitrogens is 1. The van der Waals surface area contributed by atoms with Gasteiger partial charge in [-0.25, -0.2) is 4.79 Å². The fourth-order valence-electron chi connectivity index (χ4n) is 2.57. The third kappa shape index (κ3) is 5.20. The zero-order valence-electron chi connectivity index (χ0n) is 15.2. The monoisotopic (exact) mass is 347 g/mol. The quantitative estimate of drug-likeness (QED) is 0.863. The molecular formula is C18H25N3O4. The average molecular weight is 347 g/mol. The highest BCUT2D eigenvalue weighted by atomic mass is 16.4. The summed E-state index contributed by atoms with van der Waals surface area (Å²) in [6.45, 7) is 6.08. The molecule has 7 heteroatoms. The Balaban J connectivity index is 1.86. The van der Waals surface area contributed by atoms with Crippen molar-refractivity contribution in [3.05, 3.63) is 34.8 Å². The lowest BCUT2D eigenvalue weighted by molar-refractivity contribution is -0.135. The summed E-state index contributed by atoms with van der Waals surface area (Å²) in [7, 11) is 1.60. The first-order valence-electron chi connectivity index (χ1n) is 8.31. The number of amides is 2.